The van der Waals surface area contributed by atoms with Gasteiger partial charge in [-0.3, -0.25) is 0 Å². The zero-order valence-electron chi connectivity index (χ0n) is 10.8. The van der Waals surface area contributed by atoms with Crippen LogP contribution in [0.15, 0.2) is 18.3 Å². The number of aryl methyl sites for hydroxylation is 2. The lowest BCUT2D eigenvalue weighted by molar-refractivity contribution is -0.140. The summed E-state index contributed by atoms with van der Waals surface area (Å²) in [4.78, 5) is 3.46. The molecule has 20 heavy (non-hydrogen) atoms. The number of aliphatic hydroxyl groups excluding tert-OH is 1. The van der Waals surface area contributed by atoms with Crippen LogP contribution in [0.1, 0.15) is 16.8 Å². The van der Waals surface area contributed by atoms with Gasteiger partial charge >= 0.3 is 6.18 Å². The minimum absolute atomic E-state index is 0.000185. The molecule has 0 aliphatic heterocycles. The molecule has 1 N–H and O–H groups in total. The fourth-order valence-corrected chi connectivity index (χ4v) is 2.02. The van der Waals surface area contributed by atoms with Gasteiger partial charge in [-0.1, -0.05) is 6.07 Å². The van der Waals surface area contributed by atoms with Gasteiger partial charge in [0.25, 0.3) is 0 Å². The third kappa shape index (κ3) is 2.53. The lowest BCUT2D eigenvalue weighted by Gasteiger charge is -2.09. The van der Waals surface area contributed by atoms with Crippen molar-refractivity contribution in [1.29, 1.82) is 0 Å². The van der Waals surface area contributed by atoms with E-state index in [-0.39, 0.29) is 18.0 Å². The normalized spacial score (nSPS) is 11.9. The van der Waals surface area contributed by atoms with Gasteiger partial charge < -0.3 is 9.67 Å². The molecule has 7 heteroatoms. The molecule has 0 atom stereocenters. The van der Waals surface area contributed by atoms with Gasteiger partial charge in [-0.25, -0.2) is 9.37 Å². The van der Waals surface area contributed by atoms with Gasteiger partial charge in [0.1, 0.15) is 11.6 Å². The number of aromatic nitrogens is 2. The molecule has 2 rings (SSSR count). The Kier molecular flexibility index (Phi) is 3.56. The second kappa shape index (κ2) is 4.90. The molecule has 1 aromatic heterocycles. The summed E-state index contributed by atoms with van der Waals surface area (Å²) < 4.78 is 53.0. The maximum Gasteiger partial charge on any atom is 0.434 e. The van der Waals surface area contributed by atoms with Crippen LogP contribution in [0.3, 0.4) is 0 Å². The molecule has 0 radical (unpaired) electrons. The smallest absolute Gasteiger partial charge is 0.392 e. The van der Waals surface area contributed by atoms with E-state index in [1.54, 1.807) is 6.92 Å². The predicted octanol–water partition coefficient (Wildman–Crippen LogP) is 3.05. The van der Waals surface area contributed by atoms with E-state index in [2.05, 4.69) is 4.98 Å². The van der Waals surface area contributed by atoms with Gasteiger partial charge in [-0.05, 0) is 24.1 Å². The number of hydrogen-bond donors (Lipinski definition) is 1. The van der Waals surface area contributed by atoms with E-state index < -0.39 is 17.7 Å². The number of imidazole rings is 1. The maximum absolute atomic E-state index is 14.0. The van der Waals surface area contributed by atoms with E-state index in [9.17, 15) is 17.6 Å². The van der Waals surface area contributed by atoms with Gasteiger partial charge in [0.2, 0.25) is 0 Å². The van der Waals surface area contributed by atoms with Gasteiger partial charge in [-0.15, -0.1) is 0 Å². The van der Waals surface area contributed by atoms with Crippen LogP contribution in [0, 0.1) is 12.7 Å². The summed E-state index contributed by atoms with van der Waals surface area (Å²) in [5.74, 6) is -0.812. The van der Waals surface area contributed by atoms with Crippen molar-refractivity contribution in [2.75, 3.05) is 0 Å². The van der Waals surface area contributed by atoms with Crippen LogP contribution < -0.4 is 0 Å². The minimum atomic E-state index is -4.58. The lowest BCUT2D eigenvalue weighted by atomic mass is 10.0. The van der Waals surface area contributed by atoms with Crippen molar-refractivity contribution in [2.24, 2.45) is 7.05 Å². The Morgan fingerprint density at radius 1 is 1.30 bits per heavy atom. The summed E-state index contributed by atoms with van der Waals surface area (Å²) in [5.41, 5.74) is -0.300. The van der Waals surface area contributed by atoms with Crippen LogP contribution in [0.2, 0.25) is 0 Å². The number of halogens is 4. The molecular weight excluding hydrogens is 276 g/mol. The second-order valence-electron chi connectivity index (χ2n) is 4.49. The van der Waals surface area contributed by atoms with Crippen LogP contribution in [-0.2, 0) is 19.8 Å². The quantitative estimate of drug-likeness (QED) is 0.863. The third-order valence-corrected chi connectivity index (χ3v) is 2.92. The van der Waals surface area contributed by atoms with E-state index in [0.29, 0.717) is 11.1 Å². The summed E-state index contributed by atoms with van der Waals surface area (Å²) in [5, 5.41) is 8.98. The van der Waals surface area contributed by atoms with Crippen LogP contribution in [0.4, 0.5) is 17.6 Å². The lowest BCUT2D eigenvalue weighted by Crippen LogP contribution is -2.05. The Morgan fingerprint density at radius 3 is 2.40 bits per heavy atom. The molecule has 0 fully saturated rings. The first kappa shape index (κ1) is 14.5. The molecule has 0 aliphatic rings. The Morgan fingerprint density at radius 2 is 1.95 bits per heavy atom. The molecule has 0 amide bonds. The van der Waals surface area contributed by atoms with Crippen LogP contribution in [0.5, 0.6) is 0 Å². The first-order valence-electron chi connectivity index (χ1n) is 5.75. The Balaban J connectivity index is 2.61. The largest absolute Gasteiger partial charge is 0.434 e. The maximum atomic E-state index is 14.0. The zero-order valence-corrected chi connectivity index (χ0v) is 10.8. The highest BCUT2D eigenvalue weighted by atomic mass is 19.4. The summed E-state index contributed by atoms with van der Waals surface area (Å²) in [6, 6.07) is 2.60. The molecule has 108 valence electrons. The van der Waals surface area contributed by atoms with Crippen molar-refractivity contribution in [2.45, 2.75) is 19.7 Å². The molecule has 0 aliphatic carbocycles. The SMILES string of the molecule is Cc1cc(CO)cc(F)c1-c1nc(C(F)(F)F)cn1C. The number of rotatable bonds is 2. The zero-order chi connectivity index (χ0) is 15.1. The molecule has 1 aromatic carbocycles. The fourth-order valence-electron chi connectivity index (χ4n) is 2.02. The van der Waals surface area contributed by atoms with Crippen molar-refractivity contribution in [1.82, 2.24) is 9.55 Å². The van der Waals surface area contributed by atoms with E-state index >= 15 is 0 Å². The van der Waals surface area contributed by atoms with Crippen LogP contribution in [-0.4, -0.2) is 14.7 Å². The standard InChI is InChI=1S/C13H12F4N2O/c1-7-3-8(6-20)4-9(14)11(7)12-18-10(5-19(12)2)13(15,16)17/h3-5,20H,6H2,1-2H3. The summed E-state index contributed by atoms with van der Waals surface area (Å²) in [6.07, 6.45) is -3.76. The fraction of sp³-hybridized carbons (Fsp3) is 0.308. The van der Waals surface area contributed by atoms with Gasteiger partial charge in [0, 0.05) is 13.2 Å². The molecule has 2 aromatic rings. The highest BCUT2D eigenvalue weighted by Crippen LogP contribution is 2.32. The first-order valence-corrected chi connectivity index (χ1v) is 5.75. The molecule has 0 bridgehead atoms. The molecule has 3 nitrogen and oxygen atoms in total. The Labute approximate surface area is 112 Å². The number of aliphatic hydroxyl groups is 1. The molecule has 0 saturated carbocycles. The van der Waals surface area contributed by atoms with Crippen molar-refractivity contribution in [3.05, 3.63) is 41.0 Å². The number of benzene rings is 1. The summed E-state index contributed by atoms with van der Waals surface area (Å²) in [7, 11) is 1.37. The molecule has 0 saturated heterocycles. The minimum Gasteiger partial charge on any atom is -0.392 e. The highest BCUT2D eigenvalue weighted by molar-refractivity contribution is 5.62. The van der Waals surface area contributed by atoms with Gasteiger partial charge in [-0.2, -0.15) is 13.2 Å². The highest BCUT2D eigenvalue weighted by Gasteiger charge is 2.35. The van der Waals surface area contributed by atoms with Crippen molar-refractivity contribution >= 4 is 0 Å². The average Bonchev–Trinajstić information content (AvgIpc) is 2.70. The molecular formula is C13H12F4N2O. The Bertz CT molecular complexity index is 623. The summed E-state index contributed by atoms with van der Waals surface area (Å²) >= 11 is 0. The van der Waals surface area contributed by atoms with Gasteiger partial charge in [0.05, 0.1) is 12.2 Å². The average molecular weight is 288 g/mol. The number of nitrogens with zero attached hydrogens (tertiary/aromatic N) is 2. The molecule has 0 unspecified atom stereocenters. The second-order valence-corrected chi connectivity index (χ2v) is 4.49. The van der Waals surface area contributed by atoms with Crippen LogP contribution in [0.25, 0.3) is 11.4 Å². The van der Waals surface area contributed by atoms with E-state index in [1.165, 1.54) is 13.1 Å². The van der Waals surface area contributed by atoms with Crippen molar-refractivity contribution < 1.29 is 22.7 Å². The monoisotopic (exact) mass is 288 g/mol. The first-order chi connectivity index (χ1) is 9.24. The van der Waals surface area contributed by atoms with E-state index in [0.717, 1.165) is 16.8 Å². The van der Waals surface area contributed by atoms with Gasteiger partial charge in [0.15, 0.2) is 5.69 Å². The van der Waals surface area contributed by atoms with Crippen molar-refractivity contribution in [3.8, 4) is 11.4 Å². The van der Waals surface area contributed by atoms with Crippen LogP contribution >= 0.6 is 0 Å². The molecule has 0 spiro atoms. The number of hydrogen-bond acceptors (Lipinski definition) is 2. The molecule has 1 heterocycles. The topological polar surface area (TPSA) is 38.1 Å². The third-order valence-electron chi connectivity index (χ3n) is 2.92. The van der Waals surface area contributed by atoms with Crippen molar-refractivity contribution in [3.63, 3.8) is 0 Å². The summed E-state index contributed by atoms with van der Waals surface area (Å²) in [6.45, 7) is 1.21. The van der Waals surface area contributed by atoms with E-state index in [4.69, 9.17) is 5.11 Å². The Hall–Kier alpha value is -1.89. The number of alkyl halides is 3. The van der Waals surface area contributed by atoms with E-state index in [1.807, 2.05) is 0 Å². The predicted molar refractivity (Wildman–Crippen MR) is 64.3 cm³/mol.